The number of carbonyl (C=O) groups is 1. The summed E-state index contributed by atoms with van der Waals surface area (Å²) in [5.74, 6) is 1.14. The van der Waals surface area contributed by atoms with Crippen LogP contribution in [0.1, 0.15) is 37.1 Å². The first-order chi connectivity index (χ1) is 10.6. The smallest absolute Gasteiger partial charge is 0.343 e. The molecule has 1 fully saturated rings. The summed E-state index contributed by atoms with van der Waals surface area (Å²) in [6.45, 7) is 3.58. The van der Waals surface area contributed by atoms with Crippen LogP contribution in [0.2, 0.25) is 0 Å². The minimum Gasteiger partial charge on any atom is -0.343 e. The summed E-state index contributed by atoms with van der Waals surface area (Å²) >= 11 is 0. The molecule has 6 nitrogen and oxygen atoms in total. The van der Waals surface area contributed by atoms with Gasteiger partial charge in [-0.3, -0.25) is 9.36 Å². The van der Waals surface area contributed by atoms with Crippen molar-refractivity contribution < 1.29 is 4.79 Å². The maximum Gasteiger partial charge on any atom is 0.343 e. The van der Waals surface area contributed by atoms with Crippen LogP contribution in [0.5, 0.6) is 0 Å². The summed E-state index contributed by atoms with van der Waals surface area (Å²) in [6, 6.07) is 9.89. The van der Waals surface area contributed by atoms with Gasteiger partial charge in [0.15, 0.2) is 0 Å². The molecule has 116 valence electrons. The Hall–Kier alpha value is -2.37. The van der Waals surface area contributed by atoms with E-state index in [9.17, 15) is 9.59 Å². The van der Waals surface area contributed by atoms with Gasteiger partial charge in [-0.25, -0.2) is 9.89 Å². The molecule has 0 spiro atoms. The van der Waals surface area contributed by atoms with Gasteiger partial charge in [-0.1, -0.05) is 30.3 Å². The van der Waals surface area contributed by atoms with Gasteiger partial charge in [0.2, 0.25) is 5.91 Å². The van der Waals surface area contributed by atoms with E-state index in [4.69, 9.17) is 0 Å². The zero-order valence-corrected chi connectivity index (χ0v) is 12.7. The van der Waals surface area contributed by atoms with Crippen LogP contribution in [0.15, 0.2) is 35.1 Å². The van der Waals surface area contributed by atoms with Crippen molar-refractivity contribution in [3.63, 3.8) is 0 Å². The average molecular weight is 300 g/mol. The Balaban J connectivity index is 1.78. The first-order valence-corrected chi connectivity index (χ1v) is 7.59. The van der Waals surface area contributed by atoms with Gasteiger partial charge in [-0.2, -0.15) is 5.10 Å². The van der Waals surface area contributed by atoms with Gasteiger partial charge in [0.25, 0.3) is 0 Å². The molecule has 2 heterocycles. The molecule has 1 aromatic carbocycles. The number of nitrogens with one attached hydrogen (secondary N) is 1. The van der Waals surface area contributed by atoms with E-state index in [0.29, 0.717) is 6.54 Å². The molecule has 1 amide bonds. The maximum atomic E-state index is 12.0. The van der Waals surface area contributed by atoms with Crippen LogP contribution in [-0.2, 0) is 11.3 Å². The number of rotatable bonds is 3. The molecule has 1 N–H and O–H groups in total. The van der Waals surface area contributed by atoms with E-state index in [2.05, 4.69) is 10.2 Å². The summed E-state index contributed by atoms with van der Waals surface area (Å²) in [6.07, 6.45) is 1.69. The van der Waals surface area contributed by atoms with Crippen LogP contribution >= 0.6 is 0 Å². The van der Waals surface area contributed by atoms with Crippen LogP contribution in [0.3, 0.4) is 0 Å². The molecule has 0 unspecified atom stereocenters. The Morgan fingerprint density at radius 2 is 1.95 bits per heavy atom. The second kappa shape index (κ2) is 6.17. The Labute approximate surface area is 128 Å². The number of benzene rings is 1. The molecule has 3 rings (SSSR count). The number of nitrogens with zero attached hydrogens (tertiary/aromatic N) is 3. The lowest BCUT2D eigenvalue weighted by molar-refractivity contribution is -0.129. The predicted octanol–water partition coefficient (Wildman–Crippen LogP) is 1.35. The third-order valence-corrected chi connectivity index (χ3v) is 4.28. The standard InChI is InChI=1S/C16H20N4O2/c1-12(21)19-9-7-14(8-10-19)15-17-18-16(22)20(15)11-13-5-3-2-4-6-13/h2-6,14H,7-11H2,1H3,(H,18,22). The van der Waals surface area contributed by atoms with Crippen molar-refractivity contribution in [1.29, 1.82) is 0 Å². The van der Waals surface area contributed by atoms with Crippen LogP contribution < -0.4 is 5.69 Å². The van der Waals surface area contributed by atoms with Crippen LogP contribution in [0.25, 0.3) is 0 Å². The van der Waals surface area contributed by atoms with Crippen LogP contribution in [-0.4, -0.2) is 38.7 Å². The summed E-state index contributed by atoms with van der Waals surface area (Å²) in [4.78, 5) is 25.3. The number of H-pyrrole nitrogens is 1. The molecular weight excluding hydrogens is 280 g/mol. The Kier molecular flexibility index (Phi) is 4.09. The molecule has 1 aliphatic rings. The number of hydrogen-bond donors (Lipinski definition) is 1. The summed E-state index contributed by atoms with van der Waals surface area (Å²) in [5, 5.41) is 6.79. The van der Waals surface area contributed by atoms with Gasteiger partial charge < -0.3 is 4.90 Å². The topological polar surface area (TPSA) is 71.0 Å². The highest BCUT2D eigenvalue weighted by molar-refractivity contribution is 5.73. The third-order valence-electron chi connectivity index (χ3n) is 4.28. The number of likely N-dealkylation sites (tertiary alicyclic amines) is 1. The SMILES string of the molecule is CC(=O)N1CCC(c2n[nH]c(=O)n2Cc2ccccc2)CC1. The van der Waals surface area contributed by atoms with Crippen molar-refractivity contribution in [2.24, 2.45) is 0 Å². The summed E-state index contributed by atoms with van der Waals surface area (Å²) in [5.41, 5.74) is 0.904. The Bertz CT molecular complexity index is 696. The monoisotopic (exact) mass is 300 g/mol. The molecule has 1 aromatic heterocycles. The van der Waals surface area contributed by atoms with Gasteiger partial charge in [-0.05, 0) is 18.4 Å². The summed E-state index contributed by atoms with van der Waals surface area (Å²) in [7, 11) is 0. The number of amides is 1. The molecule has 6 heteroatoms. The molecule has 0 radical (unpaired) electrons. The van der Waals surface area contributed by atoms with E-state index >= 15 is 0 Å². The molecule has 1 saturated heterocycles. The first kappa shape index (κ1) is 14.6. The maximum absolute atomic E-state index is 12.0. The van der Waals surface area contributed by atoms with E-state index in [-0.39, 0.29) is 17.5 Å². The molecule has 0 aliphatic carbocycles. The second-order valence-electron chi connectivity index (χ2n) is 5.74. The van der Waals surface area contributed by atoms with Gasteiger partial charge in [-0.15, -0.1) is 0 Å². The second-order valence-corrected chi connectivity index (χ2v) is 5.74. The lowest BCUT2D eigenvalue weighted by atomic mass is 9.96. The molecular formula is C16H20N4O2. The molecule has 0 bridgehead atoms. The number of carbonyl (C=O) groups excluding carboxylic acids is 1. The summed E-state index contributed by atoms with van der Waals surface area (Å²) < 4.78 is 1.71. The predicted molar refractivity (Wildman–Crippen MR) is 82.6 cm³/mol. The Morgan fingerprint density at radius 3 is 2.59 bits per heavy atom. The number of hydrogen-bond acceptors (Lipinski definition) is 3. The molecule has 0 saturated carbocycles. The van der Waals surface area contributed by atoms with E-state index in [0.717, 1.165) is 37.3 Å². The molecule has 2 aromatic rings. The van der Waals surface area contributed by atoms with Crippen molar-refractivity contribution in [1.82, 2.24) is 19.7 Å². The third kappa shape index (κ3) is 2.95. The van der Waals surface area contributed by atoms with Crippen LogP contribution in [0.4, 0.5) is 0 Å². The van der Waals surface area contributed by atoms with Crippen molar-refractivity contribution >= 4 is 5.91 Å². The zero-order valence-electron chi connectivity index (χ0n) is 12.7. The molecule has 0 atom stereocenters. The van der Waals surface area contributed by atoms with Gasteiger partial charge >= 0.3 is 5.69 Å². The highest BCUT2D eigenvalue weighted by Crippen LogP contribution is 2.26. The van der Waals surface area contributed by atoms with E-state index in [1.54, 1.807) is 11.5 Å². The van der Waals surface area contributed by atoms with Crippen molar-refractivity contribution in [3.8, 4) is 0 Å². The van der Waals surface area contributed by atoms with Gasteiger partial charge in [0.1, 0.15) is 5.82 Å². The lowest BCUT2D eigenvalue weighted by Gasteiger charge is -2.30. The number of aromatic amines is 1. The van der Waals surface area contributed by atoms with Crippen molar-refractivity contribution in [2.75, 3.05) is 13.1 Å². The molecule has 1 aliphatic heterocycles. The first-order valence-electron chi connectivity index (χ1n) is 7.59. The fourth-order valence-electron chi connectivity index (χ4n) is 3.01. The minimum atomic E-state index is -0.173. The number of aromatic nitrogens is 3. The van der Waals surface area contributed by atoms with Gasteiger partial charge in [0, 0.05) is 25.9 Å². The quantitative estimate of drug-likeness (QED) is 0.930. The van der Waals surface area contributed by atoms with Crippen molar-refractivity contribution in [3.05, 3.63) is 52.2 Å². The van der Waals surface area contributed by atoms with Crippen molar-refractivity contribution in [2.45, 2.75) is 32.2 Å². The van der Waals surface area contributed by atoms with E-state index in [1.807, 2.05) is 35.2 Å². The van der Waals surface area contributed by atoms with Crippen LogP contribution in [0, 0.1) is 0 Å². The fraction of sp³-hybridized carbons (Fsp3) is 0.438. The van der Waals surface area contributed by atoms with E-state index < -0.39 is 0 Å². The van der Waals surface area contributed by atoms with E-state index in [1.165, 1.54) is 0 Å². The average Bonchev–Trinajstić information content (AvgIpc) is 2.89. The Morgan fingerprint density at radius 1 is 1.27 bits per heavy atom. The van der Waals surface area contributed by atoms with Gasteiger partial charge in [0.05, 0.1) is 6.54 Å². The fourth-order valence-corrected chi connectivity index (χ4v) is 3.01. The number of piperidine rings is 1. The molecule has 22 heavy (non-hydrogen) atoms. The highest BCUT2D eigenvalue weighted by Gasteiger charge is 2.26. The normalized spacial score (nSPS) is 16.0. The lowest BCUT2D eigenvalue weighted by Crippen LogP contribution is -2.37. The highest BCUT2D eigenvalue weighted by atomic mass is 16.2. The largest absolute Gasteiger partial charge is 0.343 e. The zero-order chi connectivity index (χ0) is 15.5. The minimum absolute atomic E-state index is 0.113.